The molecule has 0 aromatic heterocycles. The van der Waals surface area contributed by atoms with E-state index in [1.165, 1.54) is 0 Å². The highest BCUT2D eigenvalue weighted by atomic mass is 32.2. The Kier molecular flexibility index (Phi) is 7.64. The lowest BCUT2D eigenvalue weighted by molar-refractivity contribution is -0.133. The lowest BCUT2D eigenvalue weighted by atomic mass is 10.2. The van der Waals surface area contributed by atoms with Crippen molar-refractivity contribution in [3.05, 3.63) is 0 Å². The fourth-order valence-electron chi connectivity index (χ4n) is 1.99. The molecule has 1 aliphatic heterocycles. The molecule has 0 bridgehead atoms. The maximum atomic E-state index is 11.9. The number of piperazine rings is 1. The minimum atomic E-state index is 0.211. The first kappa shape index (κ1) is 14.8. The standard InChI is InChI=1S/C12H24N2O2S/c1-2-17-11-3-4-12(16)14-7-5-13(6-8-14)9-10-15/h15H,2-11H2,1H3. The molecule has 0 saturated carbocycles. The molecule has 100 valence electrons. The molecular formula is C12H24N2O2S. The van der Waals surface area contributed by atoms with Crippen LogP contribution in [0.15, 0.2) is 0 Å². The Balaban J connectivity index is 2.12. The summed E-state index contributed by atoms with van der Waals surface area (Å²) in [7, 11) is 0. The smallest absolute Gasteiger partial charge is 0.222 e. The third-order valence-corrected chi connectivity index (χ3v) is 4.01. The van der Waals surface area contributed by atoms with E-state index >= 15 is 0 Å². The first-order valence-corrected chi connectivity index (χ1v) is 7.62. The van der Waals surface area contributed by atoms with Crippen LogP contribution >= 0.6 is 11.8 Å². The van der Waals surface area contributed by atoms with Crippen molar-refractivity contribution in [2.45, 2.75) is 19.8 Å². The van der Waals surface area contributed by atoms with Gasteiger partial charge < -0.3 is 10.0 Å². The average Bonchev–Trinajstić information content (AvgIpc) is 2.36. The number of thioether (sulfide) groups is 1. The molecule has 0 unspecified atom stereocenters. The van der Waals surface area contributed by atoms with Crippen molar-refractivity contribution in [2.24, 2.45) is 0 Å². The summed E-state index contributed by atoms with van der Waals surface area (Å²) in [5.41, 5.74) is 0. The molecule has 0 aromatic rings. The zero-order valence-corrected chi connectivity index (χ0v) is 11.5. The molecule has 1 N–H and O–H groups in total. The molecule has 17 heavy (non-hydrogen) atoms. The summed E-state index contributed by atoms with van der Waals surface area (Å²) in [6.45, 7) is 6.52. The van der Waals surface area contributed by atoms with E-state index in [4.69, 9.17) is 5.11 Å². The molecule has 0 atom stereocenters. The van der Waals surface area contributed by atoms with Gasteiger partial charge in [-0.05, 0) is 17.9 Å². The Bertz CT molecular complexity index is 219. The van der Waals surface area contributed by atoms with E-state index in [0.29, 0.717) is 12.3 Å². The van der Waals surface area contributed by atoms with Crippen molar-refractivity contribution in [1.29, 1.82) is 0 Å². The van der Waals surface area contributed by atoms with E-state index in [2.05, 4.69) is 11.8 Å². The second-order valence-electron chi connectivity index (χ2n) is 4.25. The van der Waals surface area contributed by atoms with Crippen molar-refractivity contribution >= 4 is 17.7 Å². The first-order valence-electron chi connectivity index (χ1n) is 6.46. The number of aliphatic hydroxyl groups excluding tert-OH is 1. The van der Waals surface area contributed by atoms with E-state index in [1.54, 1.807) is 0 Å². The Morgan fingerprint density at radius 3 is 2.59 bits per heavy atom. The molecule has 1 fully saturated rings. The van der Waals surface area contributed by atoms with E-state index < -0.39 is 0 Å². The quantitative estimate of drug-likeness (QED) is 0.683. The molecule has 0 radical (unpaired) electrons. The number of aliphatic hydroxyl groups is 1. The van der Waals surface area contributed by atoms with Crippen LogP contribution in [0.1, 0.15) is 19.8 Å². The Morgan fingerprint density at radius 1 is 1.29 bits per heavy atom. The molecule has 1 heterocycles. The molecule has 0 aliphatic carbocycles. The van der Waals surface area contributed by atoms with Crippen LogP contribution in [0.4, 0.5) is 0 Å². The number of rotatable bonds is 7. The highest BCUT2D eigenvalue weighted by molar-refractivity contribution is 7.99. The van der Waals surface area contributed by atoms with Gasteiger partial charge in [0.2, 0.25) is 5.91 Å². The number of nitrogens with zero attached hydrogens (tertiary/aromatic N) is 2. The number of hydrogen-bond acceptors (Lipinski definition) is 4. The summed E-state index contributed by atoms with van der Waals surface area (Å²) in [5, 5.41) is 8.84. The van der Waals surface area contributed by atoms with Crippen LogP contribution in [-0.2, 0) is 4.79 Å². The van der Waals surface area contributed by atoms with E-state index in [-0.39, 0.29) is 6.61 Å². The fourth-order valence-corrected chi connectivity index (χ4v) is 2.63. The summed E-state index contributed by atoms with van der Waals surface area (Å²) in [5.74, 6) is 2.52. The SMILES string of the molecule is CCSCCCC(=O)N1CCN(CCO)CC1. The van der Waals surface area contributed by atoms with Crippen LogP contribution in [-0.4, -0.2) is 71.6 Å². The molecule has 5 heteroatoms. The van der Waals surface area contributed by atoms with Crippen molar-refractivity contribution in [3.63, 3.8) is 0 Å². The van der Waals surface area contributed by atoms with Gasteiger partial charge >= 0.3 is 0 Å². The van der Waals surface area contributed by atoms with Gasteiger partial charge in [0.05, 0.1) is 6.61 Å². The van der Waals surface area contributed by atoms with Crippen molar-refractivity contribution < 1.29 is 9.90 Å². The van der Waals surface area contributed by atoms with Gasteiger partial charge in [0.15, 0.2) is 0 Å². The number of hydrogen-bond donors (Lipinski definition) is 1. The molecule has 1 amide bonds. The zero-order valence-electron chi connectivity index (χ0n) is 10.7. The molecule has 0 spiro atoms. The van der Waals surface area contributed by atoms with Gasteiger partial charge in [-0.3, -0.25) is 9.69 Å². The second kappa shape index (κ2) is 8.78. The maximum Gasteiger partial charge on any atom is 0.222 e. The first-order chi connectivity index (χ1) is 8.27. The van der Waals surface area contributed by atoms with Gasteiger partial charge in [0.25, 0.3) is 0 Å². The number of amides is 1. The molecule has 4 nitrogen and oxygen atoms in total. The van der Waals surface area contributed by atoms with Gasteiger partial charge in [0, 0.05) is 39.1 Å². The highest BCUT2D eigenvalue weighted by Gasteiger charge is 2.19. The largest absolute Gasteiger partial charge is 0.395 e. The lowest BCUT2D eigenvalue weighted by Crippen LogP contribution is -2.49. The van der Waals surface area contributed by atoms with Crippen LogP contribution < -0.4 is 0 Å². The average molecular weight is 260 g/mol. The Morgan fingerprint density at radius 2 is 2.00 bits per heavy atom. The summed E-state index contributed by atoms with van der Waals surface area (Å²) < 4.78 is 0. The van der Waals surface area contributed by atoms with Crippen molar-refractivity contribution in [2.75, 3.05) is 50.8 Å². The molecular weight excluding hydrogens is 236 g/mol. The molecule has 1 saturated heterocycles. The minimum Gasteiger partial charge on any atom is -0.395 e. The predicted octanol–water partition coefficient (Wildman–Crippen LogP) is 0.656. The third-order valence-electron chi connectivity index (χ3n) is 3.02. The minimum absolute atomic E-state index is 0.211. The van der Waals surface area contributed by atoms with Crippen molar-refractivity contribution in [1.82, 2.24) is 9.80 Å². The van der Waals surface area contributed by atoms with Gasteiger partial charge in [-0.15, -0.1) is 0 Å². The summed E-state index contributed by atoms with van der Waals surface area (Å²) in [6, 6.07) is 0. The normalized spacial score (nSPS) is 17.4. The molecule has 1 aliphatic rings. The third kappa shape index (κ3) is 5.75. The molecule has 0 aromatic carbocycles. The predicted molar refractivity (Wildman–Crippen MR) is 72.3 cm³/mol. The van der Waals surface area contributed by atoms with Gasteiger partial charge in [0.1, 0.15) is 0 Å². The van der Waals surface area contributed by atoms with Gasteiger partial charge in [-0.25, -0.2) is 0 Å². The summed E-state index contributed by atoms with van der Waals surface area (Å²) in [6.07, 6.45) is 1.68. The lowest BCUT2D eigenvalue weighted by Gasteiger charge is -2.34. The van der Waals surface area contributed by atoms with Crippen LogP contribution in [0, 0.1) is 0 Å². The highest BCUT2D eigenvalue weighted by Crippen LogP contribution is 2.08. The van der Waals surface area contributed by atoms with Gasteiger partial charge in [-0.1, -0.05) is 6.92 Å². The van der Waals surface area contributed by atoms with Crippen LogP contribution in [0.3, 0.4) is 0 Å². The Hall–Kier alpha value is -0.260. The van der Waals surface area contributed by atoms with E-state index in [1.807, 2.05) is 16.7 Å². The van der Waals surface area contributed by atoms with Crippen molar-refractivity contribution in [3.8, 4) is 0 Å². The number of β-amino-alcohol motifs (C(OH)–C–C–N with tert-alkyl or cyclic N) is 1. The number of carbonyl (C=O) groups is 1. The topological polar surface area (TPSA) is 43.8 Å². The molecule has 1 rings (SSSR count). The van der Waals surface area contributed by atoms with Crippen LogP contribution in [0.2, 0.25) is 0 Å². The van der Waals surface area contributed by atoms with Crippen LogP contribution in [0.5, 0.6) is 0 Å². The monoisotopic (exact) mass is 260 g/mol. The zero-order chi connectivity index (χ0) is 12.5. The fraction of sp³-hybridized carbons (Fsp3) is 0.917. The van der Waals surface area contributed by atoms with Crippen LogP contribution in [0.25, 0.3) is 0 Å². The van der Waals surface area contributed by atoms with E-state index in [9.17, 15) is 4.79 Å². The van der Waals surface area contributed by atoms with E-state index in [0.717, 1.165) is 50.7 Å². The summed E-state index contributed by atoms with van der Waals surface area (Å²) in [4.78, 5) is 16.0. The maximum absolute atomic E-state index is 11.9. The summed E-state index contributed by atoms with van der Waals surface area (Å²) >= 11 is 1.90. The Labute approximate surface area is 108 Å². The second-order valence-corrected chi connectivity index (χ2v) is 5.64. The number of carbonyl (C=O) groups excluding carboxylic acids is 1. The van der Waals surface area contributed by atoms with Gasteiger partial charge in [-0.2, -0.15) is 11.8 Å².